The number of rotatable bonds is 5. The zero-order valence-electron chi connectivity index (χ0n) is 15.3. The van der Waals surface area contributed by atoms with E-state index in [4.69, 9.17) is 21.1 Å². The number of esters is 2. The molecule has 0 aliphatic heterocycles. The van der Waals surface area contributed by atoms with Crippen LogP contribution >= 0.6 is 22.9 Å². The Balaban J connectivity index is 1.98. The molecule has 1 heterocycles. The number of hydrogen-bond acceptors (Lipinski definition) is 8. The summed E-state index contributed by atoms with van der Waals surface area (Å²) in [4.78, 5) is 48.2. The van der Waals surface area contributed by atoms with E-state index in [9.17, 15) is 24.5 Å². The smallest absolute Gasteiger partial charge is 0.341 e. The molecule has 1 aromatic carbocycles. The Kier molecular flexibility index (Phi) is 5.85. The summed E-state index contributed by atoms with van der Waals surface area (Å²) in [5.74, 6) is -2.43. The number of hydrogen-bond donors (Lipinski definition) is 1. The summed E-state index contributed by atoms with van der Waals surface area (Å²) in [7, 11) is 2.47. The van der Waals surface area contributed by atoms with E-state index >= 15 is 0 Å². The first-order chi connectivity index (χ1) is 13.8. The summed E-state index contributed by atoms with van der Waals surface area (Å²) in [6.07, 6.45) is 1.05. The molecule has 1 N–H and O–H groups in total. The molecule has 2 aromatic rings. The summed E-state index contributed by atoms with van der Waals surface area (Å²) in [5.41, 5.74) is 0.356. The number of halogens is 1. The van der Waals surface area contributed by atoms with Crippen molar-refractivity contribution < 1.29 is 28.8 Å². The van der Waals surface area contributed by atoms with Crippen LogP contribution < -0.4 is 5.32 Å². The predicted octanol–water partition coefficient (Wildman–Crippen LogP) is 3.55. The molecule has 0 radical (unpaired) electrons. The van der Waals surface area contributed by atoms with Crippen LogP contribution in [0.3, 0.4) is 0 Å². The minimum Gasteiger partial charge on any atom is -0.469 e. The van der Waals surface area contributed by atoms with Gasteiger partial charge >= 0.3 is 11.9 Å². The summed E-state index contributed by atoms with van der Waals surface area (Å²) in [6.45, 7) is 0. The lowest BCUT2D eigenvalue weighted by Gasteiger charge is -2.12. The monoisotopic (exact) mass is 438 g/mol. The van der Waals surface area contributed by atoms with Gasteiger partial charge in [0.25, 0.3) is 11.6 Å². The molecular formula is C18H15ClN2O7S. The van der Waals surface area contributed by atoms with Gasteiger partial charge in [0.15, 0.2) is 0 Å². The maximum absolute atomic E-state index is 12.7. The first kappa shape index (κ1) is 20.7. The van der Waals surface area contributed by atoms with E-state index in [0.29, 0.717) is 18.4 Å². The van der Waals surface area contributed by atoms with E-state index in [1.165, 1.54) is 31.6 Å². The molecule has 11 heteroatoms. The van der Waals surface area contributed by atoms with Gasteiger partial charge in [0.1, 0.15) is 5.00 Å². The molecule has 29 heavy (non-hydrogen) atoms. The van der Waals surface area contributed by atoms with E-state index < -0.39 is 28.7 Å². The highest BCUT2D eigenvalue weighted by Gasteiger charge is 2.38. The summed E-state index contributed by atoms with van der Waals surface area (Å²) >= 11 is 7.18. The molecule has 0 saturated heterocycles. The van der Waals surface area contributed by atoms with Crippen LogP contribution in [0.1, 0.15) is 43.5 Å². The van der Waals surface area contributed by atoms with Crippen molar-refractivity contribution in [1.82, 2.24) is 0 Å². The van der Waals surface area contributed by atoms with Crippen molar-refractivity contribution in [2.75, 3.05) is 19.5 Å². The zero-order valence-corrected chi connectivity index (χ0v) is 16.9. The standard InChI is InChI=1S/C18H15ClN2O7S/c1-27-17(23)10-5-6-12-13(10)14(18(24)28-2)16(29-12)20-15(22)9-4-3-8(21(25)26)7-11(9)19/h3-4,7,10H,5-6H2,1-2H3,(H,20,22). The second-order valence-electron chi connectivity index (χ2n) is 6.12. The van der Waals surface area contributed by atoms with Crippen LogP contribution in [0.4, 0.5) is 10.7 Å². The number of nitro benzene ring substituents is 1. The van der Waals surface area contributed by atoms with Gasteiger partial charge in [-0.15, -0.1) is 11.3 Å². The molecule has 0 fully saturated rings. The van der Waals surface area contributed by atoms with Gasteiger partial charge in [0, 0.05) is 17.0 Å². The number of ether oxygens (including phenoxy) is 2. The zero-order chi connectivity index (χ0) is 21.3. The lowest BCUT2D eigenvalue weighted by atomic mass is 9.99. The normalized spacial score (nSPS) is 14.8. The fourth-order valence-electron chi connectivity index (χ4n) is 3.21. The minimum atomic E-state index is -0.691. The number of amides is 1. The van der Waals surface area contributed by atoms with E-state index in [1.54, 1.807) is 0 Å². The lowest BCUT2D eigenvalue weighted by molar-refractivity contribution is -0.384. The van der Waals surface area contributed by atoms with E-state index in [2.05, 4.69) is 5.32 Å². The maximum atomic E-state index is 12.7. The number of thiophene rings is 1. The van der Waals surface area contributed by atoms with Gasteiger partial charge in [-0.2, -0.15) is 0 Å². The number of non-ortho nitro benzene ring substituents is 1. The maximum Gasteiger partial charge on any atom is 0.341 e. The molecule has 1 aromatic heterocycles. The number of fused-ring (bicyclic) bond motifs is 1. The van der Waals surface area contributed by atoms with Crippen LogP contribution in [0, 0.1) is 10.1 Å². The summed E-state index contributed by atoms with van der Waals surface area (Å²) in [6, 6.07) is 3.45. The summed E-state index contributed by atoms with van der Waals surface area (Å²) < 4.78 is 9.66. The number of carbonyl (C=O) groups excluding carboxylic acids is 3. The molecule has 152 valence electrons. The van der Waals surface area contributed by atoms with Crippen LogP contribution in [-0.4, -0.2) is 37.0 Å². The molecule has 1 atom stereocenters. The number of nitro groups is 1. The third-order valence-corrected chi connectivity index (χ3v) is 6.03. The highest BCUT2D eigenvalue weighted by molar-refractivity contribution is 7.17. The SMILES string of the molecule is COC(=O)c1c(NC(=O)c2ccc([N+](=O)[O-])cc2Cl)sc2c1C(C(=O)OC)CC2. The van der Waals surface area contributed by atoms with Crippen molar-refractivity contribution in [3.05, 3.63) is 54.9 Å². The Morgan fingerprint density at radius 1 is 1.28 bits per heavy atom. The molecule has 1 unspecified atom stereocenters. The van der Waals surface area contributed by atoms with Gasteiger partial charge in [-0.25, -0.2) is 4.79 Å². The van der Waals surface area contributed by atoms with Crippen LogP contribution in [0.15, 0.2) is 18.2 Å². The summed E-state index contributed by atoms with van der Waals surface area (Å²) in [5, 5.41) is 13.6. The second-order valence-corrected chi connectivity index (χ2v) is 7.64. The van der Waals surface area contributed by atoms with Crippen LogP contribution in [-0.2, 0) is 20.7 Å². The molecule has 0 bridgehead atoms. The van der Waals surface area contributed by atoms with E-state index in [0.717, 1.165) is 17.0 Å². The minimum absolute atomic E-state index is 0.00570. The molecule has 9 nitrogen and oxygen atoms in total. The lowest BCUT2D eigenvalue weighted by Crippen LogP contribution is -2.18. The molecule has 3 rings (SSSR count). The van der Waals surface area contributed by atoms with Gasteiger partial charge < -0.3 is 14.8 Å². The Morgan fingerprint density at radius 3 is 2.59 bits per heavy atom. The largest absolute Gasteiger partial charge is 0.469 e. The van der Waals surface area contributed by atoms with Crippen molar-refractivity contribution in [3.8, 4) is 0 Å². The molecule has 0 spiro atoms. The van der Waals surface area contributed by atoms with Crippen LogP contribution in [0.25, 0.3) is 0 Å². The molecule has 1 aliphatic carbocycles. The van der Waals surface area contributed by atoms with Crippen molar-refractivity contribution in [2.24, 2.45) is 0 Å². The number of nitrogens with one attached hydrogen (secondary N) is 1. The van der Waals surface area contributed by atoms with E-state index in [-0.39, 0.29) is 26.8 Å². The molecule has 1 amide bonds. The van der Waals surface area contributed by atoms with Gasteiger partial charge in [-0.1, -0.05) is 11.6 Å². The highest BCUT2D eigenvalue weighted by Crippen LogP contribution is 2.46. The number of nitrogens with zero attached hydrogens (tertiary/aromatic N) is 1. The molecule has 0 saturated carbocycles. The van der Waals surface area contributed by atoms with Gasteiger partial charge in [0.05, 0.1) is 41.2 Å². The van der Waals surface area contributed by atoms with Crippen LogP contribution in [0.2, 0.25) is 5.02 Å². The second kappa shape index (κ2) is 8.18. The Morgan fingerprint density at radius 2 is 2.00 bits per heavy atom. The number of aryl methyl sites for hydroxylation is 1. The Hall–Kier alpha value is -2.98. The fraction of sp³-hybridized carbons (Fsp3) is 0.278. The highest BCUT2D eigenvalue weighted by atomic mass is 35.5. The van der Waals surface area contributed by atoms with Gasteiger partial charge in [0.2, 0.25) is 0 Å². The average Bonchev–Trinajstić information content (AvgIpc) is 3.25. The number of carbonyl (C=O) groups is 3. The number of benzene rings is 1. The first-order valence-corrected chi connectivity index (χ1v) is 9.54. The quantitative estimate of drug-likeness (QED) is 0.429. The predicted molar refractivity (Wildman–Crippen MR) is 105 cm³/mol. The third kappa shape index (κ3) is 3.81. The van der Waals surface area contributed by atoms with Crippen molar-refractivity contribution in [1.29, 1.82) is 0 Å². The fourth-order valence-corrected chi connectivity index (χ4v) is 4.73. The number of methoxy groups -OCH3 is 2. The average molecular weight is 439 g/mol. The topological polar surface area (TPSA) is 125 Å². The third-order valence-electron chi connectivity index (χ3n) is 4.54. The Bertz CT molecular complexity index is 1030. The first-order valence-electron chi connectivity index (χ1n) is 8.35. The molecule has 1 aliphatic rings. The van der Waals surface area contributed by atoms with Crippen molar-refractivity contribution in [3.63, 3.8) is 0 Å². The molecular weight excluding hydrogens is 424 g/mol. The van der Waals surface area contributed by atoms with Gasteiger partial charge in [-0.05, 0) is 24.5 Å². The number of anilines is 1. The Labute approximate surface area is 173 Å². The van der Waals surface area contributed by atoms with E-state index in [1.807, 2.05) is 0 Å². The van der Waals surface area contributed by atoms with Crippen molar-refractivity contribution in [2.45, 2.75) is 18.8 Å². The van der Waals surface area contributed by atoms with Crippen molar-refractivity contribution >= 4 is 51.5 Å². The van der Waals surface area contributed by atoms with Gasteiger partial charge in [-0.3, -0.25) is 19.7 Å². The van der Waals surface area contributed by atoms with Crippen LogP contribution in [0.5, 0.6) is 0 Å².